The van der Waals surface area contributed by atoms with Crippen molar-refractivity contribution in [3.8, 4) is 0 Å². The molecule has 4 heteroatoms. The molecule has 4 nitrogen and oxygen atoms in total. The van der Waals surface area contributed by atoms with Crippen molar-refractivity contribution in [2.24, 2.45) is 0 Å². The summed E-state index contributed by atoms with van der Waals surface area (Å²) in [6, 6.07) is 0. The summed E-state index contributed by atoms with van der Waals surface area (Å²) in [6.07, 6.45) is 3.27. The molecule has 2 aliphatic heterocycles. The first-order chi connectivity index (χ1) is 7.27. The Morgan fingerprint density at radius 3 is 2.80 bits per heavy atom. The average Bonchev–Trinajstić information content (AvgIpc) is 2.88. The highest BCUT2D eigenvalue weighted by molar-refractivity contribution is 5.80. The van der Waals surface area contributed by atoms with Crippen molar-refractivity contribution in [1.29, 1.82) is 0 Å². The number of amides is 1. The molecule has 0 aliphatic carbocycles. The molecule has 2 saturated heterocycles. The molecule has 0 bridgehead atoms. The number of carbonyl (C=O) groups excluding carboxylic acids is 1. The largest absolute Gasteiger partial charge is 0.364 e. The normalized spacial score (nSPS) is 28.3. The zero-order valence-corrected chi connectivity index (χ0v) is 9.37. The number of hydrogen-bond donors (Lipinski definition) is 1. The van der Waals surface area contributed by atoms with Gasteiger partial charge >= 0.3 is 0 Å². The molecule has 0 aromatic carbocycles. The predicted octanol–water partition coefficient (Wildman–Crippen LogP) is 0.376. The molecule has 2 unspecified atom stereocenters. The first kappa shape index (κ1) is 10.9. The number of nitrogens with zero attached hydrogens (tertiary/aromatic N) is 1. The van der Waals surface area contributed by atoms with Crippen LogP contribution in [0.5, 0.6) is 0 Å². The fraction of sp³-hybridized carbons (Fsp3) is 0.909. The van der Waals surface area contributed by atoms with E-state index in [0.717, 1.165) is 45.4 Å². The molecule has 0 radical (unpaired) electrons. The van der Waals surface area contributed by atoms with Crippen LogP contribution in [0, 0.1) is 0 Å². The first-order valence-corrected chi connectivity index (χ1v) is 5.92. The van der Waals surface area contributed by atoms with Gasteiger partial charge < -0.3 is 15.0 Å². The van der Waals surface area contributed by atoms with E-state index in [1.165, 1.54) is 0 Å². The number of ether oxygens (including phenoxy) is 1. The number of rotatable bonds is 3. The van der Waals surface area contributed by atoms with Gasteiger partial charge in [0.05, 0.1) is 6.10 Å². The molecule has 0 aromatic heterocycles. The van der Waals surface area contributed by atoms with Crippen LogP contribution in [0.25, 0.3) is 0 Å². The minimum absolute atomic E-state index is 0.166. The molecule has 15 heavy (non-hydrogen) atoms. The number of carbonyl (C=O) groups is 1. The monoisotopic (exact) mass is 212 g/mol. The topological polar surface area (TPSA) is 41.6 Å². The van der Waals surface area contributed by atoms with Crippen LogP contribution in [0.1, 0.15) is 26.2 Å². The maximum Gasteiger partial charge on any atom is 0.251 e. The minimum Gasteiger partial charge on any atom is -0.364 e. The molecule has 1 amide bonds. The Hall–Kier alpha value is -0.610. The highest BCUT2D eigenvalue weighted by Crippen LogP contribution is 2.13. The lowest BCUT2D eigenvalue weighted by molar-refractivity contribution is -0.144. The lowest BCUT2D eigenvalue weighted by Crippen LogP contribution is -2.39. The van der Waals surface area contributed by atoms with Gasteiger partial charge in [0.2, 0.25) is 0 Å². The van der Waals surface area contributed by atoms with Crippen LogP contribution in [0.15, 0.2) is 0 Å². The summed E-state index contributed by atoms with van der Waals surface area (Å²) in [5.41, 5.74) is 0. The van der Waals surface area contributed by atoms with E-state index in [2.05, 4.69) is 5.32 Å². The number of hydrogen-bond acceptors (Lipinski definition) is 3. The van der Waals surface area contributed by atoms with E-state index in [9.17, 15) is 4.79 Å². The van der Waals surface area contributed by atoms with E-state index in [4.69, 9.17) is 4.74 Å². The summed E-state index contributed by atoms with van der Waals surface area (Å²) in [5, 5.41) is 3.24. The van der Waals surface area contributed by atoms with Crippen LogP contribution in [0.4, 0.5) is 0 Å². The Labute approximate surface area is 91.0 Å². The van der Waals surface area contributed by atoms with Crippen molar-refractivity contribution < 1.29 is 9.53 Å². The maximum absolute atomic E-state index is 11.9. The fourth-order valence-corrected chi connectivity index (χ4v) is 2.29. The summed E-state index contributed by atoms with van der Waals surface area (Å²) in [4.78, 5) is 13.8. The zero-order chi connectivity index (χ0) is 10.7. The van der Waals surface area contributed by atoms with Crippen molar-refractivity contribution in [3.63, 3.8) is 0 Å². The molecule has 86 valence electrons. The highest BCUT2D eigenvalue weighted by atomic mass is 16.5. The van der Waals surface area contributed by atoms with Gasteiger partial charge in [0.1, 0.15) is 6.10 Å². The van der Waals surface area contributed by atoms with Gasteiger partial charge in [-0.05, 0) is 32.7 Å². The highest BCUT2D eigenvalue weighted by Gasteiger charge is 2.26. The van der Waals surface area contributed by atoms with Crippen molar-refractivity contribution >= 4 is 5.91 Å². The summed E-state index contributed by atoms with van der Waals surface area (Å²) in [6.45, 7) is 5.59. The summed E-state index contributed by atoms with van der Waals surface area (Å²) in [5.74, 6) is 0.166. The Kier molecular flexibility index (Phi) is 3.59. The van der Waals surface area contributed by atoms with Crippen LogP contribution in [-0.4, -0.2) is 49.2 Å². The van der Waals surface area contributed by atoms with E-state index < -0.39 is 0 Å². The summed E-state index contributed by atoms with van der Waals surface area (Å²) in [7, 11) is 0. The van der Waals surface area contributed by atoms with Gasteiger partial charge in [-0.15, -0.1) is 0 Å². The lowest BCUT2D eigenvalue weighted by atomic mass is 10.3. The maximum atomic E-state index is 11.9. The number of nitrogens with one attached hydrogen (secondary N) is 1. The van der Waals surface area contributed by atoms with Crippen LogP contribution < -0.4 is 5.32 Å². The predicted molar refractivity (Wildman–Crippen MR) is 57.6 cm³/mol. The molecule has 2 aliphatic rings. The summed E-state index contributed by atoms with van der Waals surface area (Å²) >= 11 is 0. The van der Waals surface area contributed by atoms with Crippen molar-refractivity contribution in [3.05, 3.63) is 0 Å². The molecule has 2 rings (SSSR count). The van der Waals surface area contributed by atoms with Crippen molar-refractivity contribution in [2.45, 2.75) is 38.4 Å². The molecule has 2 atom stereocenters. The van der Waals surface area contributed by atoms with Gasteiger partial charge in [0.25, 0.3) is 5.91 Å². The third-order valence-corrected chi connectivity index (χ3v) is 3.18. The fourth-order valence-electron chi connectivity index (χ4n) is 2.29. The van der Waals surface area contributed by atoms with Gasteiger partial charge in [0, 0.05) is 19.6 Å². The van der Waals surface area contributed by atoms with E-state index in [-0.39, 0.29) is 18.1 Å². The van der Waals surface area contributed by atoms with Crippen LogP contribution in [-0.2, 0) is 9.53 Å². The SMILES string of the molecule is CC(OC1CCNC1)C(=O)N1CCCC1. The van der Waals surface area contributed by atoms with Gasteiger partial charge in [-0.2, -0.15) is 0 Å². The van der Waals surface area contributed by atoms with Crippen molar-refractivity contribution in [2.75, 3.05) is 26.2 Å². The van der Waals surface area contributed by atoms with E-state index in [1.54, 1.807) is 0 Å². The van der Waals surface area contributed by atoms with E-state index in [0.29, 0.717) is 0 Å². The third-order valence-electron chi connectivity index (χ3n) is 3.18. The van der Waals surface area contributed by atoms with Gasteiger partial charge in [-0.25, -0.2) is 0 Å². The average molecular weight is 212 g/mol. The molecule has 0 saturated carbocycles. The van der Waals surface area contributed by atoms with Gasteiger partial charge in [-0.3, -0.25) is 4.79 Å². The second kappa shape index (κ2) is 4.94. The smallest absolute Gasteiger partial charge is 0.251 e. The second-order valence-corrected chi connectivity index (χ2v) is 4.43. The Morgan fingerprint density at radius 1 is 1.47 bits per heavy atom. The zero-order valence-electron chi connectivity index (χ0n) is 9.37. The molecule has 0 aromatic rings. The first-order valence-electron chi connectivity index (χ1n) is 5.92. The third kappa shape index (κ3) is 2.69. The van der Waals surface area contributed by atoms with E-state index in [1.807, 2.05) is 11.8 Å². The van der Waals surface area contributed by atoms with Gasteiger partial charge in [0.15, 0.2) is 0 Å². The molecular weight excluding hydrogens is 192 g/mol. The second-order valence-electron chi connectivity index (χ2n) is 4.43. The molecular formula is C11H20N2O2. The molecule has 1 N–H and O–H groups in total. The van der Waals surface area contributed by atoms with Crippen LogP contribution >= 0.6 is 0 Å². The minimum atomic E-state index is -0.270. The Bertz CT molecular complexity index is 221. The Balaban J connectivity index is 1.78. The number of likely N-dealkylation sites (tertiary alicyclic amines) is 1. The molecule has 2 heterocycles. The summed E-state index contributed by atoms with van der Waals surface area (Å²) < 4.78 is 5.73. The standard InChI is InChI=1S/C11H20N2O2/c1-9(15-10-4-5-12-8-10)11(14)13-6-2-3-7-13/h9-10,12H,2-8H2,1H3. The molecule has 0 spiro atoms. The molecule has 2 fully saturated rings. The van der Waals surface area contributed by atoms with Crippen LogP contribution in [0.3, 0.4) is 0 Å². The Morgan fingerprint density at radius 2 is 2.20 bits per heavy atom. The van der Waals surface area contributed by atoms with E-state index >= 15 is 0 Å². The van der Waals surface area contributed by atoms with Crippen LogP contribution in [0.2, 0.25) is 0 Å². The quantitative estimate of drug-likeness (QED) is 0.735. The van der Waals surface area contributed by atoms with Gasteiger partial charge in [-0.1, -0.05) is 0 Å². The lowest BCUT2D eigenvalue weighted by Gasteiger charge is -2.22. The van der Waals surface area contributed by atoms with Crippen molar-refractivity contribution in [1.82, 2.24) is 10.2 Å².